The van der Waals surface area contributed by atoms with E-state index < -0.39 is 5.82 Å². The molecule has 1 N–H and O–H groups in total. The minimum Gasteiger partial charge on any atom is -0.322 e. The summed E-state index contributed by atoms with van der Waals surface area (Å²) in [6, 6.07) is 16.9. The summed E-state index contributed by atoms with van der Waals surface area (Å²) in [6.45, 7) is 3.72. The highest BCUT2D eigenvalue weighted by Crippen LogP contribution is 2.27. The summed E-state index contributed by atoms with van der Waals surface area (Å²) < 4.78 is 26.9. The average molecular weight is 421 g/mol. The molecule has 1 aliphatic heterocycles. The third kappa shape index (κ3) is 5.52. The first kappa shape index (κ1) is 21.1. The van der Waals surface area contributed by atoms with E-state index in [9.17, 15) is 13.6 Å². The normalized spacial score (nSPS) is 16.4. The van der Waals surface area contributed by atoms with Gasteiger partial charge in [0, 0.05) is 23.9 Å². The van der Waals surface area contributed by atoms with Gasteiger partial charge in [0.2, 0.25) is 5.91 Å². The van der Waals surface area contributed by atoms with Gasteiger partial charge in [-0.25, -0.2) is 8.78 Å². The van der Waals surface area contributed by atoms with Crippen LogP contribution in [0.1, 0.15) is 34.9 Å². The summed E-state index contributed by atoms with van der Waals surface area (Å²) in [5, 5.41) is 2.64. The highest BCUT2D eigenvalue weighted by molar-refractivity contribution is 5.92. The van der Waals surface area contributed by atoms with Crippen LogP contribution in [-0.2, 0) is 11.2 Å². The Balaban J connectivity index is 1.38. The van der Waals surface area contributed by atoms with Crippen molar-refractivity contribution >= 4 is 11.6 Å². The number of para-hydroxylation sites is 1. The Morgan fingerprint density at radius 3 is 2.65 bits per heavy atom. The molecular weight excluding hydrogens is 396 g/mol. The van der Waals surface area contributed by atoms with Crippen LogP contribution in [-0.4, -0.2) is 35.4 Å². The largest absolute Gasteiger partial charge is 0.322 e. The minimum absolute atomic E-state index is 0.203. The number of aryl methyl sites for hydroxylation is 1. The van der Waals surface area contributed by atoms with Crippen LogP contribution in [0.25, 0.3) is 0 Å². The third-order valence-corrected chi connectivity index (χ3v) is 5.56. The minimum atomic E-state index is -0.437. The molecule has 2 heterocycles. The fourth-order valence-electron chi connectivity index (χ4n) is 4.09. The molecule has 1 aromatic heterocycles. The second-order valence-electron chi connectivity index (χ2n) is 8.09. The van der Waals surface area contributed by atoms with E-state index in [-0.39, 0.29) is 29.9 Å². The molecular formula is C25H25F2N3O. The molecule has 2 aromatic carbocycles. The maximum Gasteiger partial charge on any atom is 0.238 e. The van der Waals surface area contributed by atoms with Gasteiger partial charge in [-0.05, 0) is 73.8 Å². The van der Waals surface area contributed by atoms with Crippen molar-refractivity contribution in [2.75, 3.05) is 25.0 Å². The number of pyridine rings is 1. The predicted molar refractivity (Wildman–Crippen MR) is 117 cm³/mol. The Morgan fingerprint density at radius 2 is 1.87 bits per heavy atom. The number of nitrogens with one attached hydrogen (secondary N) is 1. The van der Waals surface area contributed by atoms with Crippen molar-refractivity contribution in [1.82, 2.24) is 9.88 Å². The Bertz CT molecular complexity index is 1070. The molecule has 0 aliphatic carbocycles. The molecule has 31 heavy (non-hydrogen) atoms. The number of hydrogen-bond acceptors (Lipinski definition) is 3. The molecule has 0 spiro atoms. The number of rotatable bonds is 6. The van der Waals surface area contributed by atoms with Crippen molar-refractivity contribution in [3.05, 3.63) is 94.8 Å². The van der Waals surface area contributed by atoms with Crippen molar-refractivity contribution in [3.8, 4) is 0 Å². The molecule has 160 valence electrons. The lowest BCUT2D eigenvalue weighted by Crippen LogP contribution is -2.31. The molecule has 1 aliphatic rings. The molecule has 1 atom stereocenters. The second kappa shape index (κ2) is 9.35. The molecule has 4 nitrogen and oxygen atoms in total. The monoisotopic (exact) mass is 421 g/mol. The Hall–Kier alpha value is -3.12. The molecule has 0 unspecified atom stereocenters. The van der Waals surface area contributed by atoms with Gasteiger partial charge in [-0.3, -0.25) is 14.7 Å². The maximum atomic E-state index is 13.7. The topological polar surface area (TPSA) is 45.2 Å². The lowest BCUT2D eigenvalue weighted by Gasteiger charge is -2.16. The van der Waals surface area contributed by atoms with E-state index in [0.29, 0.717) is 0 Å². The quantitative estimate of drug-likeness (QED) is 0.628. The predicted octanol–water partition coefficient (Wildman–Crippen LogP) is 4.69. The van der Waals surface area contributed by atoms with Gasteiger partial charge in [-0.1, -0.05) is 24.3 Å². The summed E-state index contributed by atoms with van der Waals surface area (Å²) in [5.41, 5.74) is 4.37. The van der Waals surface area contributed by atoms with Crippen molar-refractivity contribution in [2.45, 2.75) is 25.7 Å². The molecule has 1 saturated heterocycles. The van der Waals surface area contributed by atoms with Crippen LogP contribution in [0.4, 0.5) is 14.5 Å². The van der Waals surface area contributed by atoms with E-state index in [1.165, 1.54) is 18.2 Å². The fraction of sp³-hybridized carbons (Fsp3) is 0.280. The summed E-state index contributed by atoms with van der Waals surface area (Å²) >= 11 is 0. The zero-order chi connectivity index (χ0) is 21.8. The van der Waals surface area contributed by atoms with E-state index >= 15 is 0 Å². The molecule has 6 heteroatoms. The fourth-order valence-corrected chi connectivity index (χ4v) is 4.09. The number of hydrogen-bond donors (Lipinski definition) is 1. The molecule has 1 amide bonds. The van der Waals surface area contributed by atoms with Gasteiger partial charge in [0.15, 0.2) is 0 Å². The van der Waals surface area contributed by atoms with Crippen LogP contribution >= 0.6 is 0 Å². The Labute approximate surface area is 180 Å². The van der Waals surface area contributed by atoms with Gasteiger partial charge >= 0.3 is 0 Å². The van der Waals surface area contributed by atoms with Crippen LogP contribution in [0.2, 0.25) is 0 Å². The van der Waals surface area contributed by atoms with Crippen molar-refractivity contribution in [2.24, 2.45) is 0 Å². The molecule has 0 radical (unpaired) electrons. The van der Waals surface area contributed by atoms with Gasteiger partial charge in [-0.2, -0.15) is 0 Å². The smallest absolute Gasteiger partial charge is 0.238 e. The summed E-state index contributed by atoms with van der Waals surface area (Å²) in [6.07, 6.45) is 1.64. The number of carbonyl (C=O) groups is 1. The molecule has 0 bridgehead atoms. The zero-order valence-electron chi connectivity index (χ0n) is 17.4. The Kier molecular flexibility index (Phi) is 6.37. The highest BCUT2D eigenvalue weighted by atomic mass is 19.1. The number of anilines is 1. The number of halogens is 2. The van der Waals surface area contributed by atoms with Gasteiger partial charge in [0.25, 0.3) is 0 Å². The summed E-state index contributed by atoms with van der Waals surface area (Å²) in [5.74, 6) is -0.652. The van der Waals surface area contributed by atoms with Crippen molar-refractivity contribution in [3.63, 3.8) is 0 Å². The van der Waals surface area contributed by atoms with Gasteiger partial charge < -0.3 is 5.32 Å². The van der Waals surface area contributed by atoms with Gasteiger partial charge in [0.1, 0.15) is 11.6 Å². The molecule has 4 rings (SSSR count). The lowest BCUT2D eigenvalue weighted by atomic mass is 9.98. The first-order valence-electron chi connectivity index (χ1n) is 10.4. The van der Waals surface area contributed by atoms with E-state index in [1.54, 1.807) is 30.3 Å². The van der Waals surface area contributed by atoms with Crippen LogP contribution < -0.4 is 5.32 Å². The van der Waals surface area contributed by atoms with E-state index in [0.717, 1.165) is 48.4 Å². The lowest BCUT2D eigenvalue weighted by molar-refractivity contribution is -0.117. The number of nitrogens with zero attached hydrogens (tertiary/aromatic N) is 2. The van der Waals surface area contributed by atoms with Gasteiger partial charge in [-0.15, -0.1) is 0 Å². The number of benzene rings is 2. The van der Waals surface area contributed by atoms with Crippen LogP contribution in [0.15, 0.2) is 60.7 Å². The summed E-state index contributed by atoms with van der Waals surface area (Å²) in [7, 11) is 0. The van der Waals surface area contributed by atoms with Crippen LogP contribution in [0.5, 0.6) is 0 Å². The zero-order valence-corrected chi connectivity index (χ0v) is 17.4. The van der Waals surface area contributed by atoms with E-state index in [4.69, 9.17) is 4.98 Å². The highest BCUT2D eigenvalue weighted by Gasteiger charge is 2.26. The van der Waals surface area contributed by atoms with E-state index in [1.807, 2.05) is 6.92 Å². The number of likely N-dealkylation sites (tertiary alicyclic amines) is 1. The number of carbonyl (C=O) groups excluding carboxylic acids is 1. The standard InChI is InChI=1S/C25H25F2N3O/c1-17-12-19(13-18-6-8-21(26)9-7-18)14-24(28-17)20-10-11-30(15-20)16-25(31)29-23-5-3-2-4-22(23)27/h2-9,12,14,20H,10-11,13,15-16H2,1H3,(H,29,31)/t20-/m1/s1. The van der Waals surface area contributed by atoms with Crippen molar-refractivity contribution in [1.29, 1.82) is 0 Å². The molecule has 0 saturated carbocycles. The number of amides is 1. The van der Waals surface area contributed by atoms with Gasteiger partial charge in [0.05, 0.1) is 12.2 Å². The Morgan fingerprint density at radius 1 is 1.10 bits per heavy atom. The molecule has 3 aromatic rings. The summed E-state index contributed by atoms with van der Waals surface area (Å²) in [4.78, 5) is 19.1. The van der Waals surface area contributed by atoms with Crippen molar-refractivity contribution < 1.29 is 13.6 Å². The maximum absolute atomic E-state index is 13.7. The first-order valence-corrected chi connectivity index (χ1v) is 10.4. The number of aromatic nitrogens is 1. The van der Waals surface area contributed by atoms with Crippen LogP contribution in [0, 0.1) is 18.6 Å². The second-order valence-corrected chi connectivity index (χ2v) is 8.09. The SMILES string of the molecule is Cc1cc(Cc2ccc(F)cc2)cc([C@@H]2CCN(CC(=O)Nc3ccccc3F)C2)n1. The third-order valence-electron chi connectivity index (χ3n) is 5.56. The van der Waals surface area contributed by atoms with E-state index in [2.05, 4.69) is 22.3 Å². The first-order chi connectivity index (χ1) is 15.0. The average Bonchev–Trinajstić information content (AvgIpc) is 3.19. The molecule has 1 fully saturated rings. The van der Waals surface area contributed by atoms with Crippen LogP contribution in [0.3, 0.4) is 0 Å².